The number of fused-ring (bicyclic) bond motifs is 2. The molecule has 3 nitrogen and oxygen atoms in total. The first kappa shape index (κ1) is 25.1. The molecule has 0 bridgehead atoms. The fraction of sp³-hybridized carbons (Fsp3) is 0.370. The normalized spacial score (nSPS) is 21.5. The molecular weight excluding hydrogens is 448 g/mol. The Bertz CT molecular complexity index is 993. The highest BCUT2D eigenvalue weighted by Gasteiger charge is 2.26. The van der Waals surface area contributed by atoms with Crippen molar-refractivity contribution >= 4 is 17.6 Å². The van der Waals surface area contributed by atoms with Gasteiger partial charge >= 0.3 is 0 Å². The molecule has 31 heavy (non-hydrogen) atoms. The molecule has 0 amide bonds. The van der Waals surface area contributed by atoms with E-state index in [9.17, 15) is 0 Å². The lowest BCUT2D eigenvalue weighted by molar-refractivity contribution is -0.481. The van der Waals surface area contributed by atoms with Gasteiger partial charge in [-0.3, -0.25) is 0 Å². The number of hydrogen-bond donors (Lipinski definition) is 0. The Kier molecular flexibility index (Phi) is 8.84. The van der Waals surface area contributed by atoms with Crippen molar-refractivity contribution in [2.45, 2.75) is 65.5 Å². The van der Waals surface area contributed by atoms with E-state index in [1.165, 1.54) is 59.3 Å². The molecule has 2 heterocycles. The van der Waals surface area contributed by atoms with Crippen molar-refractivity contribution in [1.82, 2.24) is 0 Å². The lowest BCUT2D eigenvalue weighted by Crippen LogP contribution is -3.00. The predicted molar refractivity (Wildman–Crippen MR) is 128 cm³/mol. The first-order valence-corrected chi connectivity index (χ1v) is 11.0. The molecule has 0 aromatic heterocycles. The summed E-state index contributed by atoms with van der Waals surface area (Å²) >= 11 is 0. The Labute approximate surface area is 197 Å². The summed E-state index contributed by atoms with van der Waals surface area (Å²) in [6.45, 7) is 8.99. The molecule has 0 radical (unpaired) electrons. The van der Waals surface area contributed by atoms with Crippen molar-refractivity contribution in [3.05, 3.63) is 83.1 Å². The van der Waals surface area contributed by atoms with Crippen LogP contribution in [0.2, 0.25) is 0 Å². The lowest BCUT2D eigenvalue weighted by Gasteiger charge is -2.34. The molecule has 0 spiro atoms. The average Bonchev–Trinajstić information content (AvgIpc) is 2.70. The summed E-state index contributed by atoms with van der Waals surface area (Å²) in [5, 5.41) is 0. The second-order valence-corrected chi connectivity index (χ2v) is 8.73. The van der Waals surface area contributed by atoms with E-state index in [2.05, 4.69) is 104 Å². The molecule has 2 N–H and O–H groups in total. The van der Waals surface area contributed by atoms with Crippen molar-refractivity contribution in [2.75, 3.05) is 4.90 Å². The average molecular weight is 483 g/mol. The summed E-state index contributed by atoms with van der Waals surface area (Å²) in [7, 11) is 0. The molecule has 0 unspecified atom stereocenters. The van der Waals surface area contributed by atoms with Crippen molar-refractivity contribution in [1.29, 1.82) is 0 Å². The van der Waals surface area contributed by atoms with Gasteiger partial charge in [-0.2, -0.15) is 4.58 Å². The Morgan fingerprint density at radius 2 is 1.55 bits per heavy atom. The molecule has 4 heteroatoms. The number of benzene rings is 2. The van der Waals surface area contributed by atoms with Crippen LogP contribution >= 0.6 is 0 Å². The number of anilines is 1. The Hall–Kier alpha value is -2.17. The van der Waals surface area contributed by atoms with Crippen molar-refractivity contribution in [3.8, 4) is 0 Å². The summed E-state index contributed by atoms with van der Waals surface area (Å²) in [5.41, 5.74) is 8.36. The molecule has 2 aliphatic rings. The van der Waals surface area contributed by atoms with E-state index in [1.54, 1.807) is 0 Å². The van der Waals surface area contributed by atoms with E-state index in [1.807, 2.05) is 0 Å². The van der Waals surface area contributed by atoms with Gasteiger partial charge in [-0.15, -0.1) is 0 Å². The van der Waals surface area contributed by atoms with Crippen molar-refractivity contribution in [2.24, 2.45) is 0 Å². The van der Waals surface area contributed by atoms with Crippen LogP contribution in [-0.4, -0.2) is 28.3 Å². The molecular formula is C27H35BrN2O. The second-order valence-electron chi connectivity index (χ2n) is 8.73. The highest BCUT2D eigenvalue weighted by Crippen LogP contribution is 2.32. The zero-order valence-electron chi connectivity index (χ0n) is 19.1. The monoisotopic (exact) mass is 482 g/mol. The van der Waals surface area contributed by atoms with Gasteiger partial charge < -0.3 is 27.4 Å². The third kappa shape index (κ3) is 5.55. The van der Waals surface area contributed by atoms with Gasteiger partial charge in [0.2, 0.25) is 5.69 Å². The molecule has 2 aromatic rings. The van der Waals surface area contributed by atoms with Crippen LogP contribution in [0.15, 0.2) is 60.8 Å². The van der Waals surface area contributed by atoms with E-state index in [0.717, 1.165) is 0 Å². The van der Waals surface area contributed by atoms with Crippen LogP contribution in [0.5, 0.6) is 0 Å². The molecule has 0 fully saturated rings. The van der Waals surface area contributed by atoms with E-state index in [0.29, 0.717) is 12.1 Å². The number of allylic oxidation sites excluding steroid dienone is 3. The minimum Gasteiger partial charge on any atom is -1.00 e. The van der Waals surface area contributed by atoms with Crippen LogP contribution in [0.4, 0.5) is 11.4 Å². The molecule has 0 saturated heterocycles. The van der Waals surface area contributed by atoms with E-state index in [4.69, 9.17) is 0 Å². The Balaban J connectivity index is 0.00000171. The van der Waals surface area contributed by atoms with Crippen LogP contribution in [0.1, 0.15) is 48.9 Å². The molecule has 166 valence electrons. The zero-order chi connectivity index (χ0) is 20.4. The van der Waals surface area contributed by atoms with Crippen molar-refractivity contribution < 1.29 is 27.0 Å². The van der Waals surface area contributed by atoms with E-state index >= 15 is 0 Å². The first-order valence-electron chi connectivity index (χ1n) is 11.0. The van der Waals surface area contributed by atoms with E-state index in [-0.39, 0.29) is 22.5 Å². The zero-order valence-corrected chi connectivity index (χ0v) is 20.7. The van der Waals surface area contributed by atoms with E-state index < -0.39 is 0 Å². The summed E-state index contributed by atoms with van der Waals surface area (Å²) in [6, 6.07) is 14.7. The highest BCUT2D eigenvalue weighted by molar-refractivity contribution is 5.69. The predicted octanol–water partition coefficient (Wildman–Crippen LogP) is 2.44. The topological polar surface area (TPSA) is 37.8 Å². The van der Waals surface area contributed by atoms with Gasteiger partial charge in [-0.05, 0) is 70.7 Å². The minimum atomic E-state index is 0. The molecule has 2 atom stereocenters. The summed E-state index contributed by atoms with van der Waals surface area (Å²) in [6.07, 6.45) is 15.7. The van der Waals surface area contributed by atoms with Crippen LogP contribution in [0.3, 0.4) is 0 Å². The summed E-state index contributed by atoms with van der Waals surface area (Å²) < 4.78 is 2.42. The summed E-state index contributed by atoms with van der Waals surface area (Å²) in [4.78, 5) is 2.42. The van der Waals surface area contributed by atoms with Crippen LogP contribution in [-0.2, 0) is 12.8 Å². The van der Waals surface area contributed by atoms with Gasteiger partial charge in [0, 0.05) is 42.1 Å². The van der Waals surface area contributed by atoms with Crippen LogP contribution < -0.4 is 21.9 Å². The largest absolute Gasteiger partial charge is 1.00 e. The second kappa shape index (κ2) is 10.9. The smallest absolute Gasteiger partial charge is 0.208 e. The summed E-state index contributed by atoms with van der Waals surface area (Å²) in [5.74, 6) is 0. The Morgan fingerprint density at radius 3 is 2.32 bits per heavy atom. The molecule has 0 aliphatic carbocycles. The van der Waals surface area contributed by atoms with Gasteiger partial charge in [-0.25, -0.2) is 0 Å². The molecule has 2 aromatic carbocycles. The molecule has 2 aliphatic heterocycles. The maximum Gasteiger partial charge on any atom is 0.208 e. The number of hydrogen-bond acceptors (Lipinski definition) is 1. The number of halogens is 1. The Morgan fingerprint density at radius 1 is 0.871 bits per heavy atom. The minimum absolute atomic E-state index is 0. The number of rotatable bonds is 3. The highest BCUT2D eigenvalue weighted by atomic mass is 79.9. The SMILES string of the molecule is Cc1ccc2c(c1)CC[C@H](C)N2/C=C/C=C/C=[N+]1c2ccc(C)cc2CC[C@@H]1C.O.[Br-]. The fourth-order valence-electron chi connectivity index (χ4n) is 4.62. The quantitative estimate of drug-likeness (QED) is 0.488. The van der Waals surface area contributed by atoms with Gasteiger partial charge in [0.1, 0.15) is 0 Å². The first-order chi connectivity index (χ1) is 14.0. The molecule has 4 rings (SSSR count). The number of nitrogens with zero attached hydrogens (tertiary/aromatic N) is 2. The standard InChI is InChI=1S/C27H33N2.BrH.H2O/c1-20-8-14-26-24(18-20)12-10-22(3)28(26)16-6-5-7-17-29-23(4)11-13-25-19-21(2)9-15-27(25)29;;/h5-9,14-19,22-23H,10-13H2,1-4H3;1H;1H2/q+1;;/p-1/t22-,23-;;/m0../s1. The third-order valence-electron chi connectivity index (χ3n) is 6.35. The van der Waals surface area contributed by atoms with Gasteiger partial charge in [0.05, 0.1) is 0 Å². The maximum atomic E-state index is 2.42. The van der Waals surface area contributed by atoms with Gasteiger partial charge in [0.15, 0.2) is 12.3 Å². The van der Waals surface area contributed by atoms with Gasteiger partial charge in [-0.1, -0.05) is 35.4 Å². The maximum absolute atomic E-state index is 2.42. The number of aryl methyl sites for hydroxylation is 4. The van der Waals surface area contributed by atoms with Crippen LogP contribution in [0, 0.1) is 13.8 Å². The van der Waals surface area contributed by atoms with Crippen molar-refractivity contribution in [3.63, 3.8) is 0 Å². The fourth-order valence-corrected chi connectivity index (χ4v) is 4.62. The molecule has 0 saturated carbocycles. The van der Waals surface area contributed by atoms with Gasteiger partial charge in [0.25, 0.3) is 0 Å². The lowest BCUT2D eigenvalue weighted by atomic mass is 9.95. The third-order valence-corrected chi connectivity index (χ3v) is 6.35. The van der Waals surface area contributed by atoms with Crippen LogP contribution in [0.25, 0.3) is 0 Å².